The van der Waals surface area contributed by atoms with E-state index in [0.29, 0.717) is 23.7 Å². The number of benzene rings is 2. The van der Waals surface area contributed by atoms with E-state index < -0.39 is 5.60 Å². The molecule has 3 N–H and O–H groups in total. The number of Topliss-reactive ketones (excluding diaryl/α,β-unsaturated/α-hetero) is 1. The fourth-order valence-corrected chi connectivity index (χ4v) is 2.97. The van der Waals surface area contributed by atoms with Gasteiger partial charge in [-0.05, 0) is 50.2 Å². The van der Waals surface area contributed by atoms with Gasteiger partial charge < -0.3 is 14.8 Å². The summed E-state index contributed by atoms with van der Waals surface area (Å²) >= 11 is 0.923. The van der Waals surface area contributed by atoms with Gasteiger partial charge in [-0.2, -0.15) is 0 Å². The van der Waals surface area contributed by atoms with Gasteiger partial charge in [-0.25, -0.2) is 5.26 Å². The number of ether oxygens (including phenoxy) is 1. The summed E-state index contributed by atoms with van der Waals surface area (Å²) < 4.78 is 9.94. The predicted octanol–water partition coefficient (Wildman–Crippen LogP) is 3.72. The number of aliphatic hydroxyl groups is 1. The molecule has 0 aliphatic heterocycles. The van der Waals surface area contributed by atoms with Crippen LogP contribution in [0.1, 0.15) is 24.2 Å². The lowest BCUT2D eigenvalue weighted by Crippen LogP contribution is -2.30. The van der Waals surface area contributed by atoms with Crippen LogP contribution in [0, 0.1) is 0 Å². The molecule has 0 fully saturated rings. The SMILES string of the molecule is CC(C)(O)C(=O)c1ccc2[nH]c3ccc(OCCSOOO)cc3c2c1. The number of hydrogen-bond acceptors (Lipinski definition) is 7. The Bertz CT molecular complexity index is 930. The van der Waals surface area contributed by atoms with Crippen LogP contribution in [0.4, 0.5) is 0 Å². The smallest absolute Gasteiger partial charge is 0.193 e. The molecule has 0 aliphatic carbocycles. The maximum absolute atomic E-state index is 12.3. The summed E-state index contributed by atoms with van der Waals surface area (Å²) in [5.41, 5.74) is 0.849. The van der Waals surface area contributed by atoms with E-state index in [1.807, 2.05) is 24.3 Å². The van der Waals surface area contributed by atoms with Gasteiger partial charge in [-0.1, -0.05) is 5.04 Å². The molecule has 0 aliphatic rings. The van der Waals surface area contributed by atoms with Crippen LogP contribution in [0.3, 0.4) is 0 Å². The second kappa shape index (κ2) is 7.65. The quantitative estimate of drug-likeness (QED) is 0.181. The predicted molar refractivity (Wildman–Crippen MR) is 99.2 cm³/mol. The van der Waals surface area contributed by atoms with Crippen molar-refractivity contribution in [2.24, 2.45) is 0 Å². The lowest BCUT2D eigenvalue weighted by molar-refractivity contribution is -0.432. The molecule has 138 valence electrons. The third-order valence-electron chi connectivity index (χ3n) is 3.90. The van der Waals surface area contributed by atoms with Crippen LogP contribution >= 0.6 is 12.0 Å². The monoisotopic (exact) mass is 377 g/mol. The minimum atomic E-state index is -1.42. The van der Waals surface area contributed by atoms with Crippen LogP contribution in [0.15, 0.2) is 36.4 Å². The number of carbonyl (C=O) groups excluding carboxylic acids is 1. The zero-order valence-corrected chi connectivity index (χ0v) is 15.1. The summed E-state index contributed by atoms with van der Waals surface area (Å²) in [6.07, 6.45) is 0. The second-order valence-electron chi connectivity index (χ2n) is 6.29. The van der Waals surface area contributed by atoms with Crippen molar-refractivity contribution in [1.29, 1.82) is 0 Å². The number of H-pyrrole nitrogens is 1. The molecule has 0 spiro atoms. The van der Waals surface area contributed by atoms with E-state index in [2.05, 4.69) is 14.4 Å². The standard InChI is InChI=1S/C18H19NO6S/c1-18(2,21)17(20)11-3-5-15-13(9-11)14-10-12(4-6-16(14)19-15)23-7-8-26-25-24-22/h3-6,9-10,19,21-22H,7-8H2,1-2H3. The molecule has 1 aromatic heterocycles. The first-order valence-electron chi connectivity index (χ1n) is 7.95. The molecule has 0 radical (unpaired) electrons. The zero-order chi connectivity index (χ0) is 18.7. The van der Waals surface area contributed by atoms with Gasteiger partial charge in [0.2, 0.25) is 0 Å². The van der Waals surface area contributed by atoms with E-state index in [0.717, 1.165) is 33.8 Å². The Morgan fingerprint density at radius 2 is 1.85 bits per heavy atom. The second-order valence-corrected chi connectivity index (χ2v) is 7.07. The average Bonchev–Trinajstić information content (AvgIpc) is 2.97. The molecule has 3 rings (SSSR count). The molecule has 3 aromatic rings. The van der Waals surface area contributed by atoms with Crippen molar-refractivity contribution in [3.8, 4) is 5.75 Å². The van der Waals surface area contributed by atoms with Gasteiger partial charge in [0, 0.05) is 39.4 Å². The van der Waals surface area contributed by atoms with Crippen LogP contribution in [-0.2, 0) is 9.37 Å². The number of nitrogens with one attached hydrogen (secondary N) is 1. The van der Waals surface area contributed by atoms with Gasteiger partial charge in [0.25, 0.3) is 0 Å². The highest BCUT2D eigenvalue weighted by Crippen LogP contribution is 2.30. The highest BCUT2D eigenvalue weighted by molar-refractivity contribution is 7.94. The number of hydrogen-bond donors (Lipinski definition) is 3. The molecule has 0 amide bonds. The zero-order valence-electron chi connectivity index (χ0n) is 14.3. The van der Waals surface area contributed by atoms with Crippen LogP contribution in [0.5, 0.6) is 5.75 Å². The number of rotatable bonds is 8. The van der Waals surface area contributed by atoms with Crippen molar-refractivity contribution in [1.82, 2.24) is 4.98 Å². The van der Waals surface area contributed by atoms with Crippen LogP contribution < -0.4 is 4.74 Å². The molecule has 8 heteroatoms. The normalized spacial score (nSPS) is 12.0. The van der Waals surface area contributed by atoms with E-state index in [1.54, 1.807) is 12.1 Å². The van der Waals surface area contributed by atoms with Gasteiger partial charge >= 0.3 is 0 Å². The first kappa shape index (κ1) is 18.7. The van der Waals surface area contributed by atoms with E-state index in [9.17, 15) is 9.90 Å². The third kappa shape index (κ3) is 4.00. The molecule has 0 saturated heterocycles. The fraction of sp³-hybridized carbons (Fsp3) is 0.278. The molecular formula is C18H19NO6S. The fourth-order valence-electron chi connectivity index (χ4n) is 2.71. The average molecular weight is 377 g/mol. The minimum Gasteiger partial charge on any atom is -0.493 e. The third-order valence-corrected chi connectivity index (χ3v) is 4.39. The molecule has 2 aromatic carbocycles. The van der Waals surface area contributed by atoms with E-state index >= 15 is 0 Å². The van der Waals surface area contributed by atoms with Crippen molar-refractivity contribution >= 4 is 39.6 Å². The molecule has 0 bridgehead atoms. The van der Waals surface area contributed by atoms with Crippen LogP contribution in [-0.4, -0.2) is 39.1 Å². The van der Waals surface area contributed by atoms with E-state index in [1.165, 1.54) is 13.8 Å². The van der Waals surface area contributed by atoms with Crippen LogP contribution in [0.2, 0.25) is 0 Å². The Kier molecular flexibility index (Phi) is 5.49. The summed E-state index contributed by atoms with van der Waals surface area (Å²) in [6, 6.07) is 11.0. The van der Waals surface area contributed by atoms with Crippen molar-refractivity contribution in [3.63, 3.8) is 0 Å². The first-order valence-corrected chi connectivity index (χ1v) is 8.86. The Morgan fingerprint density at radius 3 is 2.54 bits per heavy atom. The van der Waals surface area contributed by atoms with Gasteiger partial charge in [0.1, 0.15) is 11.4 Å². The molecule has 0 unspecified atom stereocenters. The largest absolute Gasteiger partial charge is 0.493 e. The number of aromatic nitrogens is 1. The number of ketones is 1. The lowest BCUT2D eigenvalue weighted by atomic mass is 9.95. The molecular weight excluding hydrogens is 358 g/mol. The van der Waals surface area contributed by atoms with Crippen molar-refractivity contribution in [2.75, 3.05) is 12.4 Å². The van der Waals surface area contributed by atoms with Crippen LogP contribution in [0.25, 0.3) is 21.8 Å². The highest BCUT2D eigenvalue weighted by atomic mass is 32.2. The molecule has 0 saturated carbocycles. The summed E-state index contributed by atoms with van der Waals surface area (Å²) in [5, 5.41) is 23.3. The molecule has 26 heavy (non-hydrogen) atoms. The summed E-state index contributed by atoms with van der Waals surface area (Å²) in [7, 11) is 0. The lowest BCUT2D eigenvalue weighted by Gasteiger charge is -2.15. The van der Waals surface area contributed by atoms with Gasteiger partial charge in [-0.15, -0.1) is 4.33 Å². The maximum Gasteiger partial charge on any atom is 0.193 e. The Labute approximate surface area is 153 Å². The number of aromatic amines is 1. The number of carbonyl (C=O) groups is 1. The van der Waals surface area contributed by atoms with E-state index in [4.69, 9.17) is 9.99 Å². The first-order chi connectivity index (χ1) is 12.4. The minimum absolute atomic E-state index is 0.329. The Hall–Kier alpha value is -2.10. The summed E-state index contributed by atoms with van der Waals surface area (Å²) in [4.78, 5) is 15.6. The van der Waals surface area contributed by atoms with E-state index in [-0.39, 0.29) is 5.78 Å². The van der Waals surface area contributed by atoms with Gasteiger partial charge in [0.15, 0.2) is 5.78 Å². The van der Waals surface area contributed by atoms with Gasteiger partial charge in [-0.3, -0.25) is 4.79 Å². The number of fused-ring (bicyclic) bond motifs is 3. The summed E-state index contributed by atoms with van der Waals surface area (Å²) in [6.45, 7) is 3.32. The van der Waals surface area contributed by atoms with Gasteiger partial charge in [0.05, 0.1) is 12.4 Å². The van der Waals surface area contributed by atoms with Crippen molar-refractivity contribution in [2.45, 2.75) is 19.4 Å². The molecule has 7 nitrogen and oxygen atoms in total. The molecule has 0 atom stereocenters. The Morgan fingerprint density at radius 1 is 1.15 bits per heavy atom. The topological polar surface area (TPSA) is 101 Å². The maximum atomic E-state index is 12.3. The van der Waals surface area contributed by atoms with Crippen molar-refractivity contribution in [3.05, 3.63) is 42.0 Å². The Balaban J connectivity index is 1.89. The highest BCUT2D eigenvalue weighted by Gasteiger charge is 2.25. The van der Waals surface area contributed by atoms with Crippen molar-refractivity contribution < 1.29 is 29.3 Å². The summed E-state index contributed by atoms with van der Waals surface area (Å²) in [5.74, 6) is 0.809. The molecule has 1 heterocycles.